The summed E-state index contributed by atoms with van der Waals surface area (Å²) in [5.41, 5.74) is -0.272. The average molecular weight is 454 g/mol. The molecule has 2 heterocycles. The monoisotopic (exact) mass is 453 g/mol. The maximum Gasteiger partial charge on any atom is 0.254 e. The van der Waals surface area contributed by atoms with E-state index in [4.69, 9.17) is 0 Å². The van der Waals surface area contributed by atoms with E-state index in [1.54, 1.807) is 18.3 Å². The molecule has 1 aliphatic rings. The number of carbonyl (C=O) groups is 1. The van der Waals surface area contributed by atoms with E-state index in [0.717, 1.165) is 49.0 Å². The molecule has 0 radical (unpaired) electrons. The minimum atomic E-state index is -3.78. The van der Waals surface area contributed by atoms with Crippen molar-refractivity contribution in [2.45, 2.75) is 37.6 Å². The van der Waals surface area contributed by atoms with Gasteiger partial charge in [0.15, 0.2) is 0 Å². The molecule has 0 spiro atoms. The van der Waals surface area contributed by atoms with Gasteiger partial charge in [-0.25, -0.2) is 17.5 Å². The van der Waals surface area contributed by atoms with Crippen LogP contribution < -0.4 is 10.0 Å². The Labute approximate surface area is 181 Å². The van der Waals surface area contributed by atoms with Crippen LogP contribution in [0, 0.1) is 11.7 Å². The molecule has 164 valence electrons. The fraction of sp³-hybridized carbons (Fsp3) is 0.476. The van der Waals surface area contributed by atoms with Crippen molar-refractivity contribution >= 4 is 27.3 Å². The molecule has 30 heavy (non-hydrogen) atoms. The molecule has 1 aromatic heterocycles. The summed E-state index contributed by atoms with van der Waals surface area (Å²) in [7, 11) is -3.78. The topological polar surface area (TPSA) is 78.5 Å². The molecule has 1 amide bonds. The summed E-state index contributed by atoms with van der Waals surface area (Å²) >= 11 is 1.63. The van der Waals surface area contributed by atoms with Crippen molar-refractivity contribution in [1.29, 1.82) is 0 Å². The van der Waals surface area contributed by atoms with Crippen molar-refractivity contribution < 1.29 is 17.6 Å². The SMILES string of the molecule is CCNS(=O)(=O)c1ccc(F)c(C(=O)NCC(c2cccs2)N2CCC(C)CC2)c1. The zero-order valence-electron chi connectivity index (χ0n) is 17.2. The van der Waals surface area contributed by atoms with E-state index >= 15 is 0 Å². The van der Waals surface area contributed by atoms with Crippen molar-refractivity contribution in [3.8, 4) is 0 Å². The van der Waals surface area contributed by atoms with E-state index in [0.29, 0.717) is 12.5 Å². The van der Waals surface area contributed by atoms with Crippen LogP contribution in [0.2, 0.25) is 0 Å². The van der Waals surface area contributed by atoms with Crippen LogP contribution in [0.4, 0.5) is 4.39 Å². The van der Waals surface area contributed by atoms with Gasteiger partial charge in [-0.1, -0.05) is 19.9 Å². The second-order valence-corrected chi connectivity index (χ2v) is 10.3. The third kappa shape index (κ3) is 5.46. The van der Waals surface area contributed by atoms with Crippen LogP contribution in [-0.2, 0) is 10.0 Å². The number of halogens is 1. The number of sulfonamides is 1. The van der Waals surface area contributed by atoms with Crippen LogP contribution >= 0.6 is 11.3 Å². The molecule has 0 aliphatic carbocycles. The molecular formula is C21H28FN3O3S2. The van der Waals surface area contributed by atoms with Gasteiger partial charge in [0.25, 0.3) is 5.91 Å². The van der Waals surface area contributed by atoms with Gasteiger partial charge in [0.05, 0.1) is 16.5 Å². The third-order valence-electron chi connectivity index (χ3n) is 5.41. The van der Waals surface area contributed by atoms with Crippen molar-refractivity contribution in [1.82, 2.24) is 14.9 Å². The first kappa shape index (κ1) is 22.9. The standard InChI is InChI=1S/C21H28FN3O3S2/c1-3-24-30(27,28)16-6-7-18(22)17(13-16)21(26)23-14-19(20-5-4-12-29-20)25-10-8-15(2)9-11-25/h4-7,12-13,15,19,24H,3,8-11,14H2,1-2H3,(H,23,26). The number of carbonyl (C=O) groups excluding carboxylic acids is 1. The summed E-state index contributed by atoms with van der Waals surface area (Å²) in [6.07, 6.45) is 2.21. The highest BCUT2D eigenvalue weighted by molar-refractivity contribution is 7.89. The molecule has 1 saturated heterocycles. The van der Waals surface area contributed by atoms with Crippen molar-refractivity contribution in [3.05, 3.63) is 52.0 Å². The number of amides is 1. The van der Waals surface area contributed by atoms with E-state index in [1.165, 1.54) is 0 Å². The number of hydrogen-bond acceptors (Lipinski definition) is 5. The zero-order valence-corrected chi connectivity index (χ0v) is 18.9. The summed E-state index contributed by atoms with van der Waals surface area (Å²) < 4.78 is 41.1. The molecule has 2 N–H and O–H groups in total. The Morgan fingerprint density at radius 1 is 1.30 bits per heavy atom. The lowest BCUT2D eigenvalue weighted by Gasteiger charge is -2.36. The van der Waals surface area contributed by atoms with Gasteiger partial charge >= 0.3 is 0 Å². The summed E-state index contributed by atoms with van der Waals surface area (Å²) in [6.45, 7) is 6.33. The number of rotatable bonds is 8. The molecule has 6 nitrogen and oxygen atoms in total. The van der Waals surface area contributed by atoms with Gasteiger partial charge in [0.1, 0.15) is 5.82 Å². The Balaban J connectivity index is 1.76. The van der Waals surface area contributed by atoms with Crippen LogP contribution in [0.15, 0.2) is 40.6 Å². The highest BCUT2D eigenvalue weighted by atomic mass is 32.2. The lowest BCUT2D eigenvalue weighted by atomic mass is 9.97. The van der Waals surface area contributed by atoms with E-state index in [9.17, 15) is 17.6 Å². The second-order valence-electron chi connectivity index (χ2n) is 7.60. The lowest BCUT2D eigenvalue weighted by Crippen LogP contribution is -2.41. The normalized spacial score (nSPS) is 17.0. The molecule has 1 fully saturated rings. The maximum absolute atomic E-state index is 14.3. The molecule has 0 bridgehead atoms. The Hall–Kier alpha value is -1.81. The van der Waals surface area contributed by atoms with Gasteiger partial charge in [-0.15, -0.1) is 11.3 Å². The van der Waals surface area contributed by atoms with E-state index in [1.807, 2.05) is 17.5 Å². The predicted octanol–water partition coefficient (Wildman–Crippen LogP) is 3.39. The first-order chi connectivity index (χ1) is 14.3. The first-order valence-electron chi connectivity index (χ1n) is 10.2. The average Bonchev–Trinajstić information content (AvgIpc) is 3.24. The van der Waals surface area contributed by atoms with Gasteiger partial charge in [0, 0.05) is 18.0 Å². The number of piperidine rings is 1. The third-order valence-corrected chi connectivity index (χ3v) is 7.93. The highest BCUT2D eigenvalue weighted by Crippen LogP contribution is 2.29. The largest absolute Gasteiger partial charge is 0.350 e. The van der Waals surface area contributed by atoms with Crippen molar-refractivity contribution in [2.24, 2.45) is 5.92 Å². The second kappa shape index (κ2) is 10.00. The number of benzene rings is 1. The van der Waals surface area contributed by atoms with E-state index < -0.39 is 21.7 Å². The van der Waals surface area contributed by atoms with Crippen molar-refractivity contribution in [3.63, 3.8) is 0 Å². The minimum absolute atomic E-state index is 0.0122. The molecule has 0 saturated carbocycles. The van der Waals surface area contributed by atoms with Crippen LogP contribution in [0.5, 0.6) is 0 Å². The zero-order chi connectivity index (χ0) is 21.7. The first-order valence-corrected chi connectivity index (χ1v) is 12.5. The summed E-state index contributed by atoms with van der Waals surface area (Å²) in [6, 6.07) is 7.30. The predicted molar refractivity (Wildman–Crippen MR) is 117 cm³/mol. The van der Waals surface area contributed by atoms with E-state index in [2.05, 4.69) is 21.9 Å². The van der Waals surface area contributed by atoms with Gasteiger partial charge < -0.3 is 5.32 Å². The Morgan fingerprint density at radius 3 is 2.67 bits per heavy atom. The van der Waals surface area contributed by atoms with Gasteiger partial charge in [-0.3, -0.25) is 9.69 Å². The Morgan fingerprint density at radius 2 is 2.03 bits per heavy atom. The lowest BCUT2D eigenvalue weighted by molar-refractivity contribution is 0.0911. The molecule has 1 aliphatic heterocycles. The minimum Gasteiger partial charge on any atom is -0.350 e. The Kier molecular flexibility index (Phi) is 7.62. The molecule has 3 rings (SSSR count). The summed E-state index contributed by atoms with van der Waals surface area (Å²) in [5.74, 6) is -0.675. The summed E-state index contributed by atoms with van der Waals surface area (Å²) in [4.78, 5) is 16.1. The highest BCUT2D eigenvalue weighted by Gasteiger charge is 2.26. The quantitative estimate of drug-likeness (QED) is 0.642. The van der Waals surface area contributed by atoms with Crippen LogP contribution in [0.3, 0.4) is 0 Å². The maximum atomic E-state index is 14.3. The molecule has 1 aromatic carbocycles. The number of hydrogen-bond donors (Lipinski definition) is 2. The fourth-order valence-corrected chi connectivity index (χ4v) is 5.56. The van der Waals surface area contributed by atoms with Crippen LogP contribution in [0.1, 0.15) is 48.0 Å². The van der Waals surface area contributed by atoms with Crippen LogP contribution in [0.25, 0.3) is 0 Å². The molecular weight excluding hydrogens is 425 g/mol. The number of likely N-dealkylation sites (tertiary alicyclic amines) is 1. The summed E-state index contributed by atoms with van der Waals surface area (Å²) in [5, 5.41) is 4.82. The number of nitrogens with one attached hydrogen (secondary N) is 2. The number of thiophene rings is 1. The van der Waals surface area contributed by atoms with Gasteiger partial charge in [-0.2, -0.15) is 0 Å². The molecule has 2 aromatic rings. The molecule has 9 heteroatoms. The molecule has 1 atom stereocenters. The van der Waals surface area contributed by atoms with Crippen LogP contribution in [-0.4, -0.2) is 45.4 Å². The van der Waals surface area contributed by atoms with Gasteiger partial charge in [0.2, 0.25) is 10.0 Å². The smallest absolute Gasteiger partial charge is 0.254 e. The Bertz CT molecular complexity index is 956. The number of nitrogens with zero attached hydrogens (tertiary/aromatic N) is 1. The fourth-order valence-electron chi connectivity index (χ4n) is 3.63. The van der Waals surface area contributed by atoms with Crippen molar-refractivity contribution in [2.75, 3.05) is 26.2 Å². The van der Waals surface area contributed by atoms with E-state index in [-0.39, 0.29) is 23.0 Å². The molecule has 1 unspecified atom stereocenters. The van der Waals surface area contributed by atoms with Gasteiger partial charge in [-0.05, 0) is 61.5 Å².